The molecule has 0 saturated carbocycles. The third kappa shape index (κ3) is 4.11. The lowest BCUT2D eigenvalue weighted by atomic mass is 10.1. The number of ether oxygens (including phenoxy) is 1. The minimum Gasteiger partial charge on any atom is -0.494 e. The molecule has 0 aliphatic carbocycles. The van der Waals surface area contributed by atoms with Crippen molar-refractivity contribution in [2.45, 2.75) is 26.4 Å². The van der Waals surface area contributed by atoms with Gasteiger partial charge in [0, 0.05) is 11.1 Å². The fourth-order valence-electron chi connectivity index (χ4n) is 2.09. The molecule has 2 aromatic rings. The molecule has 2 nitrogen and oxygen atoms in total. The van der Waals surface area contributed by atoms with Gasteiger partial charge in [-0.1, -0.05) is 30.3 Å². The van der Waals surface area contributed by atoms with Gasteiger partial charge in [0.15, 0.2) is 0 Å². The van der Waals surface area contributed by atoms with Crippen molar-refractivity contribution in [2.75, 3.05) is 6.61 Å². The molecule has 0 radical (unpaired) electrons. The van der Waals surface area contributed by atoms with Crippen LogP contribution in [0.5, 0.6) is 5.75 Å². The van der Waals surface area contributed by atoms with E-state index in [0.717, 1.165) is 18.9 Å². The fraction of sp³-hybridized carbons (Fsp3) is 0.294. The molecule has 0 saturated heterocycles. The maximum atomic E-state index is 5.45. The Morgan fingerprint density at radius 1 is 1.00 bits per heavy atom. The summed E-state index contributed by atoms with van der Waals surface area (Å²) in [5, 5.41) is 2.35. The Balaban J connectivity index is 1.88. The van der Waals surface area contributed by atoms with Gasteiger partial charge in [-0.3, -0.25) is 0 Å². The summed E-state index contributed by atoms with van der Waals surface area (Å²) in [6, 6.07) is 19.4. The van der Waals surface area contributed by atoms with Crippen LogP contribution in [0.3, 0.4) is 0 Å². The largest absolute Gasteiger partial charge is 0.494 e. The average Bonchev–Trinajstić information content (AvgIpc) is 2.47. The Morgan fingerprint density at radius 2 is 1.68 bits per heavy atom. The summed E-state index contributed by atoms with van der Waals surface area (Å²) < 4.78 is 5.45. The van der Waals surface area contributed by atoms with Gasteiger partial charge in [-0.05, 0) is 38.1 Å². The van der Waals surface area contributed by atoms with Crippen molar-refractivity contribution < 1.29 is 10.1 Å². The molecule has 0 heterocycles. The molecular formula is C17H22NO+. The van der Waals surface area contributed by atoms with Crippen molar-refractivity contribution in [1.29, 1.82) is 0 Å². The maximum Gasteiger partial charge on any atom is 0.119 e. The zero-order valence-electron chi connectivity index (χ0n) is 11.7. The van der Waals surface area contributed by atoms with Gasteiger partial charge >= 0.3 is 0 Å². The van der Waals surface area contributed by atoms with Gasteiger partial charge in [0.2, 0.25) is 0 Å². The highest BCUT2D eigenvalue weighted by atomic mass is 16.5. The van der Waals surface area contributed by atoms with Crippen molar-refractivity contribution in [3.05, 3.63) is 65.7 Å². The topological polar surface area (TPSA) is 25.8 Å². The van der Waals surface area contributed by atoms with E-state index in [9.17, 15) is 0 Å². The second-order valence-electron chi connectivity index (χ2n) is 4.72. The predicted octanol–water partition coefficient (Wildman–Crippen LogP) is 2.91. The summed E-state index contributed by atoms with van der Waals surface area (Å²) >= 11 is 0. The molecule has 2 heteroatoms. The second kappa shape index (κ2) is 6.95. The van der Waals surface area contributed by atoms with Crippen LogP contribution in [0, 0.1) is 0 Å². The molecule has 0 fully saturated rings. The second-order valence-corrected chi connectivity index (χ2v) is 4.72. The van der Waals surface area contributed by atoms with Crippen LogP contribution >= 0.6 is 0 Å². The highest BCUT2D eigenvalue weighted by Crippen LogP contribution is 2.12. The van der Waals surface area contributed by atoms with Crippen molar-refractivity contribution >= 4 is 0 Å². The molecule has 0 amide bonds. The Kier molecular flexibility index (Phi) is 4.99. The minimum absolute atomic E-state index is 0.479. The molecule has 2 rings (SSSR count). The summed E-state index contributed by atoms with van der Waals surface area (Å²) in [6.07, 6.45) is 0. The predicted molar refractivity (Wildman–Crippen MR) is 78.1 cm³/mol. The highest BCUT2D eigenvalue weighted by Gasteiger charge is 2.07. The molecule has 100 valence electrons. The highest BCUT2D eigenvalue weighted by molar-refractivity contribution is 5.26. The minimum atomic E-state index is 0.479. The first-order chi connectivity index (χ1) is 9.29. The first-order valence-electron chi connectivity index (χ1n) is 6.89. The van der Waals surface area contributed by atoms with Crippen molar-refractivity contribution in [2.24, 2.45) is 0 Å². The lowest BCUT2D eigenvalue weighted by molar-refractivity contribution is -0.707. The van der Waals surface area contributed by atoms with Crippen LogP contribution in [0.1, 0.15) is 31.0 Å². The third-order valence-electron chi connectivity index (χ3n) is 3.27. The lowest BCUT2D eigenvalue weighted by Gasteiger charge is -2.11. The van der Waals surface area contributed by atoms with Crippen molar-refractivity contribution in [1.82, 2.24) is 0 Å². The molecule has 1 atom stereocenters. The average molecular weight is 256 g/mol. The molecule has 2 N–H and O–H groups in total. The van der Waals surface area contributed by atoms with Crippen molar-refractivity contribution in [3.63, 3.8) is 0 Å². The maximum absolute atomic E-state index is 5.45. The number of benzene rings is 2. The molecule has 0 aromatic heterocycles. The van der Waals surface area contributed by atoms with Crippen LogP contribution in [-0.2, 0) is 6.54 Å². The first kappa shape index (κ1) is 13.6. The third-order valence-corrected chi connectivity index (χ3v) is 3.27. The van der Waals surface area contributed by atoms with Crippen LogP contribution in [0.15, 0.2) is 54.6 Å². The summed E-state index contributed by atoms with van der Waals surface area (Å²) in [5.41, 5.74) is 2.69. The molecule has 0 spiro atoms. The standard InChI is InChI=1S/C17H21NO/c1-3-19-17-11-9-15(10-12-17)13-18-14(2)16-7-5-4-6-8-16/h4-12,14,18H,3,13H2,1-2H3/p+1/t14-/m1/s1. The van der Waals surface area contributed by atoms with Gasteiger partial charge in [0.25, 0.3) is 0 Å². The van der Waals surface area contributed by atoms with Gasteiger partial charge in [0.1, 0.15) is 18.3 Å². The summed E-state index contributed by atoms with van der Waals surface area (Å²) in [5.74, 6) is 0.947. The molecule has 0 bridgehead atoms. The lowest BCUT2D eigenvalue weighted by Crippen LogP contribution is -2.83. The van der Waals surface area contributed by atoms with E-state index in [-0.39, 0.29) is 0 Å². The summed E-state index contributed by atoms with van der Waals surface area (Å²) in [7, 11) is 0. The first-order valence-corrected chi connectivity index (χ1v) is 6.89. The van der Waals surface area contributed by atoms with Gasteiger partial charge in [-0.2, -0.15) is 0 Å². The monoisotopic (exact) mass is 256 g/mol. The van der Waals surface area contributed by atoms with Gasteiger partial charge < -0.3 is 10.1 Å². The van der Waals surface area contributed by atoms with Crippen LogP contribution in [0.25, 0.3) is 0 Å². The van der Waals surface area contributed by atoms with E-state index in [2.05, 4.69) is 54.7 Å². The molecule has 0 aliphatic heterocycles. The Hall–Kier alpha value is -1.80. The Morgan fingerprint density at radius 3 is 2.32 bits per heavy atom. The SMILES string of the molecule is CCOc1ccc(C[NH2+][C@H](C)c2ccccc2)cc1. The van der Waals surface area contributed by atoms with E-state index in [0.29, 0.717) is 6.04 Å². The number of rotatable bonds is 6. The smallest absolute Gasteiger partial charge is 0.119 e. The number of quaternary nitrogens is 1. The number of hydrogen-bond acceptors (Lipinski definition) is 1. The Labute approximate surface area is 115 Å². The number of hydrogen-bond donors (Lipinski definition) is 1. The normalized spacial score (nSPS) is 12.1. The van der Waals surface area contributed by atoms with Crippen LogP contribution in [-0.4, -0.2) is 6.61 Å². The Bertz CT molecular complexity index is 478. The summed E-state index contributed by atoms with van der Waals surface area (Å²) in [4.78, 5) is 0. The molecule has 19 heavy (non-hydrogen) atoms. The van der Waals surface area contributed by atoms with Crippen molar-refractivity contribution in [3.8, 4) is 5.75 Å². The van der Waals surface area contributed by atoms with E-state index in [1.807, 2.05) is 19.1 Å². The van der Waals surface area contributed by atoms with Crippen LogP contribution in [0.2, 0.25) is 0 Å². The van der Waals surface area contributed by atoms with Gasteiger partial charge in [0.05, 0.1) is 6.61 Å². The van der Waals surface area contributed by atoms with Crippen LogP contribution < -0.4 is 10.1 Å². The van der Waals surface area contributed by atoms with E-state index >= 15 is 0 Å². The zero-order chi connectivity index (χ0) is 13.5. The van der Waals surface area contributed by atoms with E-state index in [1.54, 1.807) is 0 Å². The van der Waals surface area contributed by atoms with Gasteiger partial charge in [-0.15, -0.1) is 0 Å². The zero-order valence-corrected chi connectivity index (χ0v) is 11.7. The van der Waals surface area contributed by atoms with Crippen LogP contribution in [0.4, 0.5) is 0 Å². The van der Waals surface area contributed by atoms with E-state index in [1.165, 1.54) is 11.1 Å². The summed E-state index contributed by atoms with van der Waals surface area (Å²) in [6.45, 7) is 5.95. The van der Waals surface area contributed by atoms with E-state index in [4.69, 9.17) is 4.74 Å². The fourth-order valence-corrected chi connectivity index (χ4v) is 2.09. The quantitative estimate of drug-likeness (QED) is 0.845. The molecule has 0 aliphatic rings. The number of nitrogens with two attached hydrogens (primary N) is 1. The molecule has 0 unspecified atom stereocenters. The van der Waals surface area contributed by atoms with Gasteiger partial charge in [-0.25, -0.2) is 0 Å². The van der Waals surface area contributed by atoms with E-state index < -0.39 is 0 Å². The molecular weight excluding hydrogens is 234 g/mol. The molecule has 2 aromatic carbocycles.